The van der Waals surface area contributed by atoms with Gasteiger partial charge >= 0.3 is 11.9 Å². The van der Waals surface area contributed by atoms with Gasteiger partial charge in [-0.2, -0.15) is 0 Å². The highest BCUT2D eigenvalue weighted by Gasteiger charge is 2.18. The van der Waals surface area contributed by atoms with Crippen molar-refractivity contribution in [3.05, 3.63) is 24.3 Å². The Morgan fingerprint density at radius 3 is 1.24 bits per heavy atom. The average molecular weight is 648 g/mol. The molecule has 0 rings (SSSR count). The maximum atomic E-state index is 12.4. The van der Waals surface area contributed by atoms with Crippen LogP contribution in [0.4, 0.5) is 0 Å². The van der Waals surface area contributed by atoms with E-state index in [0.29, 0.717) is 19.4 Å². The number of hydrogen-bond donors (Lipinski definition) is 0. The fourth-order valence-electron chi connectivity index (χ4n) is 5.71. The molecular formula is C41H77NO4. The molecule has 0 aliphatic heterocycles. The number of carbonyl (C=O) groups is 2. The molecule has 1 atom stereocenters. The molecule has 0 radical (unpaired) electrons. The van der Waals surface area contributed by atoms with Crippen LogP contribution in [0.5, 0.6) is 0 Å². The number of unbranched alkanes of at least 4 members (excludes halogenated alkanes) is 22. The molecule has 5 heteroatoms. The summed E-state index contributed by atoms with van der Waals surface area (Å²) in [5, 5.41) is 0. The minimum atomic E-state index is -0.413. The SMILES string of the molecule is CCCCCCCCC=CCCCCCCCC(=O)OC[C@H](CN(C)C)OC(=O)CCCCCCCC=CCCCCCCCC. The number of ether oxygens (including phenoxy) is 2. The number of carbonyl (C=O) groups excluding carboxylic acids is 2. The molecule has 0 heterocycles. The summed E-state index contributed by atoms with van der Waals surface area (Å²) in [5.41, 5.74) is 0. The van der Waals surface area contributed by atoms with E-state index in [-0.39, 0.29) is 18.5 Å². The molecule has 0 fully saturated rings. The minimum absolute atomic E-state index is 0.139. The van der Waals surface area contributed by atoms with Crippen LogP contribution in [0.2, 0.25) is 0 Å². The zero-order valence-electron chi connectivity index (χ0n) is 31.2. The molecule has 0 aromatic carbocycles. The summed E-state index contributed by atoms with van der Waals surface area (Å²) in [4.78, 5) is 26.7. The van der Waals surface area contributed by atoms with Crippen LogP contribution in [-0.2, 0) is 19.1 Å². The lowest BCUT2D eigenvalue weighted by Gasteiger charge is -2.21. The fourth-order valence-corrected chi connectivity index (χ4v) is 5.71. The smallest absolute Gasteiger partial charge is 0.306 e. The van der Waals surface area contributed by atoms with Crippen LogP contribution < -0.4 is 0 Å². The van der Waals surface area contributed by atoms with Gasteiger partial charge in [-0.1, -0.05) is 141 Å². The molecule has 0 aliphatic carbocycles. The van der Waals surface area contributed by atoms with Crippen LogP contribution in [0.1, 0.15) is 194 Å². The Bertz CT molecular complexity index is 717. The van der Waals surface area contributed by atoms with E-state index in [2.05, 4.69) is 38.2 Å². The highest BCUT2D eigenvalue weighted by molar-refractivity contribution is 5.70. The molecule has 0 unspecified atom stereocenters. The monoisotopic (exact) mass is 648 g/mol. The summed E-state index contributed by atoms with van der Waals surface area (Å²) >= 11 is 0. The Morgan fingerprint density at radius 1 is 0.500 bits per heavy atom. The number of nitrogens with zero attached hydrogens (tertiary/aromatic N) is 1. The maximum absolute atomic E-state index is 12.4. The van der Waals surface area contributed by atoms with Crippen molar-refractivity contribution in [2.24, 2.45) is 0 Å². The first-order chi connectivity index (χ1) is 22.5. The molecule has 0 aromatic heterocycles. The highest BCUT2D eigenvalue weighted by Crippen LogP contribution is 2.13. The number of allylic oxidation sites excluding steroid dienone is 4. The zero-order chi connectivity index (χ0) is 33.8. The zero-order valence-corrected chi connectivity index (χ0v) is 31.2. The van der Waals surface area contributed by atoms with Gasteiger partial charge in [0.1, 0.15) is 12.7 Å². The fraction of sp³-hybridized carbons (Fsp3) is 0.854. The van der Waals surface area contributed by atoms with E-state index < -0.39 is 6.10 Å². The van der Waals surface area contributed by atoms with Crippen molar-refractivity contribution in [2.45, 2.75) is 200 Å². The number of likely N-dealkylation sites (N-methyl/N-ethyl adjacent to an activating group) is 1. The summed E-state index contributed by atoms with van der Waals surface area (Å²) in [7, 11) is 3.88. The first-order valence-electron chi connectivity index (χ1n) is 19.8. The van der Waals surface area contributed by atoms with Crippen molar-refractivity contribution >= 4 is 11.9 Å². The summed E-state index contributed by atoms with van der Waals surface area (Å²) in [6.07, 6.45) is 42.0. The van der Waals surface area contributed by atoms with Gasteiger partial charge in [0.05, 0.1) is 0 Å². The van der Waals surface area contributed by atoms with E-state index >= 15 is 0 Å². The van der Waals surface area contributed by atoms with Gasteiger partial charge in [-0.3, -0.25) is 9.59 Å². The van der Waals surface area contributed by atoms with Gasteiger partial charge in [-0.05, 0) is 78.3 Å². The number of rotatable bonds is 35. The van der Waals surface area contributed by atoms with E-state index in [0.717, 1.165) is 38.5 Å². The van der Waals surface area contributed by atoms with E-state index in [1.807, 2.05) is 19.0 Å². The van der Waals surface area contributed by atoms with Gasteiger partial charge in [0.15, 0.2) is 0 Å². The number of esters is 2. The molecule has 46 heavy (non-hydrogen) atoms. The third-order valence-electron chi connectivity index (χ3n) is 8.58. The Balaban J connectivity index is 3.78. The lowest BCUT2D eigenvalue weighted by Crippen LogP contribution is -2.34. The van der Waals surface area contributed by atoms with Gasteiger partial charge in [-0.25, -0.2) is 0 Å². The first kappa shape index (κ1) is 44.4. The molecular weight excluding hydrogens is 570 g/mol. The lowest BCUT2D eigenvalue weighted by atomic mass is 10.1. The highest BCUT2D eigenvalue weighted by atomic mass is 16.6. The van der Waals surface area contributed by atoms with Gasteiger partial charge in [0.25, 0.3) is 0 Å². The standard InChI is InChI=1S/C41H77NO4/c1-5-7-9-11-13-15-17-19-21-23-25-27-29-31-33-35-40(43)45-38-39(37-42(3)4)46-41(44)36-34-32-30-28-26-24-22-20-18-16-14-12-10-8-6-2/h19-22,39H,5-18,23-38H2,1-4H3/t39-/m0/s1. The Morgan fingerprint density at radius 2 is 0.848 bits per heavy atom. The molecule has 0 saturated heterocycles. The van der Waals surface area contributed by atoms with Crippen molar-refractivity contribution in [1.29, 1.82) is 0 Å². The van der Waals surface area contributed by atoms with Gasteiger partial charge < -0.3 is 14.4 Å². The van der Waals surface area contributed by atoms with Crippen LogP contribution >= 0.6 is 0 Å². The molecule has 0 amide bonds. The predicted molar refractivity (Wildman–Crippen MR) is 198 cm³/mol. The van der Waals surface area contributed by atoms with Crippen LogP contribution in [0, 0.1) is 0 Å². The van der Waals surface area contributed by atoms with Crippen molar-refractivity contribution in [3.8, 4) is 0 Å². The quantitative estimate of drug-likeness (QED) is 0.0389. The molecule has 0 N–H and O–H groups in total. The van der Waals surface area contributed by atoms with Crippen molar-refractivity contribution in [3.63, 3.8) is 0 Å². The van der Waals surface area contributed by atoms with Crippen LogP contribution in [-0.4, -0.2) is 50.2 Å². The Labute approximate surface area is 286 Å². The Kier molecular flexibility index (Phi) is 34.9. The summed E-state index contributed by atoms with van der Waals surface area (Å²) in [6, 6.07) is 0. The third-order valence-corrected chi connectivity index (χ3v) is 8.58. The summed E-state index contributed by atoms with van der Waals surface area (Å²) in [6.45, 7) is 5.23. The molecule has 0 bridgehead atoms. The third kappa shape index (κ3) is 35.2. The second kappa shape index (κ2) is 36.2. The second-order valence-corrected chi connectivity index (χ2v) is 13.7. The van der Waals surface area contributed by atoms with Crippen molar-refractivity contribution in [2.75, 3.05) is 27.2 Å². The molecule has 270 valence electrons. The molecule has 0 saturated carbocycles. The largest absolute Gasteiger partial charge is 0.462 e. The van der Waals surface area contributed by atoms with Crippen LogP contribution in [0.25, 0.3) is 0 Å². The van der Waals surface area contributed by atoms with Gasteiger partial charge in [-0.15, -0.1) is 0 Å². The summed E-state index contributed by atoms with van der Waals surface area (Å²) < 4.78 is 11.2. The van der Waals surface area contributed by atoms with Gasteiger partial charge in [0, 0.05) is 19.4 Å². The summed E-state index contributed by atoms with van der Waals surface area (Å²) in [5.74, 6) is -0.368. The van der Waals surface area contributed by atoms with E-state index in [4.69, 9.17) is 9.47 Å². The number of hydrogen-bond acceptors (Lipinski definition) is 5. The topological polar surface area (TPSA) is 55.8 Å². The second-order valence-electron chi connectivity index (χ2n) is 13.7. The normalized spacial score (nSPS) is 12.5. The molecule has 5 nitrogen and oxygen atoms in total. The van der Waals surface area contributed by atoms with E-state index in [9.17, 15) is 9.59 Å². The lowest BCUT2D eigenvalue weighted by molar-refractivity contribution is -0.160. The Hall–Kier alpha value is -1.62. The van der Waals surface area contributed by atoms with E-state index in [1.165, 1.54) is 128 Å². The van der Waals surface area contributed by atoms with Crippen molar-refractivity contribution in [1.82, 2.24) is 4.90 Å². The van der Waals surface area contributed by atoms with Crippen molar-refractivity contribution < 1.29 is 19.1 Å². The first-order valence-corrected chi connectivity index (χ1v) is 19.8. The van der Waals surface area contributed by atoms with Crippen LogP contribution in [0.3, 0.4) is 0 Å². The van der Waals surface area contributed by atoms with Gasteiger partial charge in [0.2, 0.25) is 0 Å². The molecule has 0 aromatic rings. The minimum Gasteiger partial charge on any atom is -0.462 e. The van der Waals surface area contributed by atoms with E-state index in [1.54, 1.807) is 0 Å². The molecule has 0 spiro atoms. The van der Waals surface area contributed by atoms with Crippen LogP contribution in [0.15, 0.2) is 24.3 Å². The predicted octanol–water partition coefficient (Wildman–Crippen LogP) is 12.1. The molecule has 0 aliphatic rings. The maximum Gasteiger partial charge on any atom is 0.306 e. The average Bonchev–Trinajstić information content (AvgIpc) is 3.03.